The maximum Gasteiger partial charge on any atom is 0.237 e. The van der Waals surface area contributed by atoms with Crippen LogP contribution in [-0.4, -0.2) is 73.2 Å². The molecule has 2 aliphatic rings. The zero-order valence-corrected chi connectivity index (χ0v) is 18.7. The first-order chi connectivity index (χ1) is 14.6. The number of thiazole rings is 1. The predicted octanol–water partition coefficient (Wildman–Crippen LogP) is 2.61. The number of nitrogens with zero attached hydrogens (tertiary/aromatic N) is 3. The number of rotatable bonds is 8. The summed E-state index contributed by atoms with van der Waals surface area (Å²) in [7, 11) is 3.31. The van der Waals surface area contributed by atoms with Gasteiger partial charge in [0.1, 0.15) is 16.5 Å². The number of nitrogens with one attached hydrogen (secondary N) is 1. The van der Waals surface area contributed by atoms with Crippen molar-refractivity contribution >= 4 is 17.2 Å². The first-order valence-corrected chi connectivity index (χ1v) is 11.4. The molecule has 2 fully saturated rings. The van der Waals surface area contributed by atoms with Crippen LogP contribution < -0.4 is 14.8 Å². The van der Waals surface area contributed by atoms with Crippen molar-refractivity contribution in [2.75, 3.05) is 40.4 Å². The molecule has 30 heavy (non-hydrogen) atoms. The Morgan fingerprint density at radius 3 is 2.67 bits per heavy atom. The van der Waals surface area contributed by atoms with Gasteiger partial charge in [-0.05, 0) is 31.9 Å². The summed E-state index contributed by atoms with van der Waals surface area (Å²) in [5, 5.41) is 6.19. The van der Waals surface area contributed by atoms with E-state index in [2.05, 4.69) is 20.5 Å². The molecule has 1 aromatic heterocycles. The fraction of sp³-hybridized carbons (Fsp3) is 0.545. The van der Waals surface area contributed by atoms with Gasteiger partial charge in [-0.1, -0.05) is 0 Å². The highest BCUT2D eigenvalue weighted by molar-refractivity contribution is 7.13. The molecule has 7 nitrogen and oxygen atoms in total. The molecule has 1 N–H and O–H groups in total. The summed E-state index contributed by atoms with van der Waals surface area (Å²) in [5.74, 6) is 1.70. The van der Waals surface area contributed by atoms with Gasteiger partial charge < -0.3 is 14.8 Å². The number of hydrogen-bond donors (Lipinski definition) is 1. The van der Waals surface area contributed by atoms with Crippen molar-refractivity contribution in [1.82, 2.24) is 20.1 Å². The number of aromatic nitrogens is 1. The van der Waals surface area contributed by atoms with E-state index in [4.69, 9.17) is 14.5 Å². The lowest BCUT2D eigenvalue weighted by atomic mass is 10.2. The molecule has 8 heteroatoms. The summed E-state index contributed by atoms with van der Waals surface area (Å²) < 4.78 is 10.8. The highest BCUT2D eigenvalue weighted by Crippen LogP contribution is 2.35. The molecule has 2 aromatic rings. The molecule has 4 rings (SSSR count). The Labute approximate surface area is 182 Å². The molecule has 1 unspecified atom stereocenters. The lowest BCUT2D eigenvalue weighted by Gasteiger charge is -2.37. The number of piperazine rings is 1. The maximum absolute atomic E-state index is 12.3. The Morgan fingerprint density at radius 1 is 1.23 bits per heavy atom. The summed E-state index contributed by atoms with van der Waals surface area (Å²) in [4.78, 5) is 21.8. The summed E-state index contributed by atoms with van der Waals surface area (Å²) in [6.07, 6.45) is 2.26. The first kappa shape index (κ1) is 21.1. The van der Waals surface area contributed by atoms with Crippen LogP contribution >= 0.6 is 11.3 Å². The Hall–Kier alpha value is -2.16. The van der Waals surface area contributed by atoms with E-state index < -0.39 is 0 Å². The van der Waals surface area contributed by atoms with Crippen molar-refractivity contribution in [3.8, 4) is 22.1 Å². The van der Waals surface area contributed by atoms with Gasteiger partial charge in [-0.25, -0.2) is 4.98 Å². The molecule has 162 valence electrons. The fourth-order valence-electron chi connectivity index (χ4n) is 3.73. The average molecular weight is 431 g/mol. The van der Waals surface area contributed by atoms with Gasteiger partial charge in [0.05, 0.1) is 31.5 Å². The second-order valence-electron chi connectivity index (χ2n) is 7.98. The van der Waals surface area contributed by atoms with E-state index in [1.54, 1.807) is 25.6 Å². The normalized spacial score (nSPS) is 18.8. The Morgan fingerprint density at radius 2 is 2.00 bits per heavy atom. The standard InChI is InChI=1S/C22H30N4O3S/c1-15(21(27)23-16-4-5-16)26-10-8-25(9-11-26)13-17-14-30-22(24-17)19-7-6-18(28-2)12-20(19)29-3/h6-7,12,14-16H,4-5,8-11,13H2,1-3H3,(H,23,27). The smallest absolute Gasteiger partial charge is 0.237 e. The van der Waals surface area contributed by atoms with E-state index >= 15 is 0 Å². The molecular weight excluding hydrogens is 400 g/mol. The van der Waals surface area contributed by atoms with Crippen LogP contribution in [-0.2, 0) is 11.3 Å². The molecule has 2 heterocycles. The van der Waals surface area contributed by atoms with Crippen molar-refractivity contribution in [3.05, 3.63) is 29.3 Å². The first-order valence-electron chi connectivity index (χ1n) is 10.5. The van der Waals surface area contributed by atoms with Crippen molar-refractivity contribution in [1.29, 1.82) is 0 Å². The molecule has 0 spiro atoms. The van der Waals surface area contributed by atoms with E-state index in [-0.39, 0.29) is 11.9 Å². The van der Waals surface area contributed by atoms with E-state index in [0.717, 1.165) is 73.3 Å². The zero-order valence-electron chi connectivity index (χ0n) is 17.9. The number of ether oxygens (including phenoxy) is 2. The quantitative estimate of drug-likeness (QED) is 0.695. The third-order valence-corrected chi connectivity index (χ3v) is 6.76. The Kier molecular flexibility index (Phi) is 6.55. The number of benzene rings is 1. The minimum atomic E-state index is -0.0545. The number of carbonyl (C=O) groups is 1. The molecule has 0 radical (unpaired) electrons. The number of carbonyl (C=O) groups excluding carboxylic acids is 1. The van der Waals surface area contributed by atoms with E-state index in [0.29, 0.717) is 6.04 Å². The van der Waals surface area contributed by atoms with E-state index in [1.165, 1.54) is 0 Å². The molecule has 1 saturated heterocycles. The summed E-state index contributed by atoms with van der Waals surface area (Å²) in [5.41, 5.74) is 2.05. The lowest BCUT2D eigenvalue weighted by molar-refractivity contribution is -0.126. The van der Waals surface area contributed by atoms with Crippen LogP contribution in [0.2, 0.25) is 0 Å². The summed E-state index contributed by atoms with van der Waals surface area (Å²) in [6.45, 7) is 6.54. The Bertz CT molecular complexity index is 875. The maximum atomic E-state index is 12.3. The number of hydrogen-bond acceptors (Lipinski definition) is 7. The molecule has 1 aromatic carbocycles. The van der Waals surface area contributed by atoms with Crippen molar-refractivity contribution in [3.63, 3.8) is 0 Å². The molecule has 1 aliphatic heterocycles. The third-order valence-electron chi connectivity index (χ3n) is 5.83. The van der Waals surface area contributed by atoms with Gasteiger partial charge in [-0.2, -0.15) is 0 Å². The van der Waals surface area contributed by atoms with Crippen molar-refractivity contribution < 1.29 is 14.3 Å². The van der Waals surface area contributed by atoms with Crippen LogP contribution in [0.15, 0.2) is 23.6 Å². The molecule has 1 aliphatic carbocycles. The number of amides is 1. The average Bonchev–Trinajstić information content (AvgIpc) is 3.48. The minimum absolute atomic E-state index is 0.0545. The SMILES string of the molecule is COc1ccc(-c2nc(CN3CCN(C(C)C(=O)NC4CC4)CC3)cs2)c(OC)c1. The van der Waals surface area contributed by atoms with Gasteiger partial charge in [-0.15, -0.1) is 11.3 Å². The fourth-order valence-corrected chi connectivity index (χ4v) is 4.57. The van der Waals surface area contributed by atoms with Gasteiger partial charge >= 0.3 is 0 Å². The molecule has 1 amide bonds. The van der Waals surface area contributed by atoms with Crippen LogP contribution in [0, 0.1) is 0 Å². The number of methoxy groups -OCH3 is 2. The van der Waals surface area contributed by atoms with Gasteiger partial charge in [0.2, 0.25) is 5.91 Å². The largest absolute Gasteiger partial charge is 0.497 e. The summed E-state index contributed by atoms with van der Waals surface area (Å²) in [6, 6.07) is 6.17. The molecule has 0 bridgehead atoms. The summed E-state index contributed by atoms with van der Waals surface area (Å²) >= 11 is 1.63. The van der Waals surface area contributed by atoms with Crippen molar-refractivity contribution in [2.45, 2.75) is 38.4 Å². The van der Waals surface area contributed by atoms with Gasteiger partial charge in [0, 0.05) is 50.2 Å². The van der Waals surface area contributed by atoms with Gasteiger partial charge in [0.15, 0.2) is 0 Å². The van der Waals surface area contributed by atoms with Gasteiger partial charge in [-0.3, -0.25) is 14.6 Å². The predicted molar refractivity (Wildman–Crippen MR) is 118 cm³/mol. The zero-order chi connectivity index (χ0) is 21.1. The van der Waals surface area contributed by atoms with Crippen LogP contribution in [0.5, 0.6) is 11.5 Å². The molecule has 1 saturated carbocycles. The highest BCUT2D eigenvalue weighted by Gasteiger charge is 2.30. The van der Waals surface area contributed by atoms with Crippen LogP contribution in [0.4, 0.5) is 0 Å². The van der Waals surface area contributed by atoms with Crippen LogP contribution in [0.3, 0.4) is 0 Å². The highest BCUT2D eigenvalue weighted by atomic mass is 32.1. The van der Waals surface area contributed by atoms with Crippen LogP contribution in [0.25, 0.3) is 10.6 Å². The van der Waals surface area contributed by atoms with Gasteiger partial charge in [0.25, 0.3) is 0 Å². The lowest BCUT2D eigenvalue weighted by Crippen LogP contribution is -2.53. The second kappa shape index (κ2) is 9.32. The van der Waals surface area contributed by atoms with E-state index in [9.17, 15) is 4.79 Å². The van der Waals surface area contributed by atoms with Crippen molar-refractivity contribution in [2.24, 2.45) is 0 Å². The molecular formula is C22H30N4O3S. The third kappa shape index (κ3) is 4.94. The molecule has 1 atom stereocenters. The second-order valence-corrected chi connectivity index (χ2v) is 8.84. The van der Waals surface area contributed by atoms with Crippen LogP contribution in [0.1, 0.15) is 25.5 Å². The monoisotopic (exact) mass is 430 g/mol. The Balaban J connectivity index is 1.32. The minimum Gasteiger partial charge on any atom is -0.497 e. The van der Waals surface area contributed by atoms with E-state index in [1.807, 2.05) is 25.1 Å². The topological polar surface area (TPSA) is 66.9 Å².